The molecule has 1 atom stereocenters. The Morgan fingerprint density at radius 1 is 1.67 bits per heavy atom. The van der Waals surface area contributed by atoms with Gasteiger partial charge in [-0.2, -0.15) is 0 Å². The summed E-state index contributed by atoms with van der Waals surface area (Å²) in [6, 6.07) is 1.47. The van der Waals surface area contributed by atoms with E-state index >= 15 is 0 Å². The molecule has 0 aliphatic rings. The van der Waals surface area contributed by atoms with Crippen LogP contribution >= 0.6 is 11.8 Å². The first kappa shape index (κ1) is 14.4. The Bertz CT molecular complexity index is 464. The van der Waals surface area contributed by atoms with Gasteiger partial charge in [-0.15, -0.1) is 0 Å². The Hall–Kier alpha value is -1.63. The topological polar surface area (TPSA) is 82.3 Å². The SMILES string of the molecule is COC(=O)C(C)CSc1ncc(C)cc1[N+](=O)[O-]. The number of ether oxygens (including phenoxy) is 1. The van der Waals surface area contributed by atoms with Gasteiger partial charge in [-0.05, 0) is 12.5 Å². The second kappa shape index (κ2) is 6.34. The predicted molar refractivity (Wildman–Crippen MR) is 67.5 cm³/mol. The highest BCUT2D eigenvalue weighted by Gasteiger charge is 2.19. The molecule has 0 fully saturated rings. The van der Waals surface area contributed by atoms with E-state index in [1.54, 1.807) is 20.0 Å². The van der Waals surface area contributed by atoms with Crippen LogP contribution in [0.5, 0.6) is 0 Å². The van der Waals surface area contributed by atoms with E-state index in [4.69, 9.17) is 0 Å². The molecule has 6 nitrogen and oxygen atoms in total. The van der Waals surface area contributed by atoms with Crippen LogP contribution in [-0.4, -0.2) is 28.7 Å². The van der Waals surface area contributed by atoms with Gasteiger partial charge in [0.1, 0.15) is 0 Å². The fraction of sp³-hybridized carbons (Fsp3) is 0.455. The van der Waals surface area contributed by atoms with E-state index < -0.39 is 4.92 Å². The van der Waals surface area contributed by atoms with Crippen LogP contribution in [0.25, 0.3) is 0 Å². The molecule has 0 aliphatic heterocycles. The monoisotopic (exact) mass is 270 g/mol. The minimum absolute atomic E-state index is 0.0305. The molecule has 0 aliphatic carbocycles. The van der Waals surface area contributed by atoms with Gasteiger partial charge in [-0.1, -0.05) is 18.7 Å². The largest absolute Gasteiger partial charge is 0.469 e. The van der Waals surface area contributed by atoms with Gasteiger partial charge in [-0.3, -0.25) is 14.9 Å². The Labute approximate surface area is 109 Å². The molecule has 1 rings (SSSR count). The molecule has 1 aromatic rings. The van der Waals surface area contributed by atoms with Crippen LogP contribution < -0.4 is 0 Å². The van der Waals surface area contributed by atoms with Crippen LogP contribution in [0, 0.1) is 23.0 Å². The molecule has 0 amide bonds. The van der Waals surface area contributed by atoms with Gasteiger partial charge in [0.25, 0.3) is 0 Å². The fourth-order valence-electron chi connectivity index (χ4n) is 1.26. The quantitative estimate of drug-likeness (QED) is 0.353. The smallest absolute Gasteiger partial charge is 0.309 e. The Morgan fingerprint density at radius 3 is 2.89 bits per heavy atom. The number of nitro groups is 1. The van der Waals surface area contributed by atoms with Gasteiger partial charge in [0.2, 0.25) is 0 Å². The van der Waals surface area contributed by atoms with Crippen LogP contribution in [0.3, 0.4) is 0 Å². The summed E-state index contributed by atoms with van der Waals surface area (Å²) in [5, 5.41) is 11.2. The lowest BCUT2D eigenvalue weighted by molar-refractivity contribution is -0.388. The maximum atomic E-state index is 11.2. The number of carbonyl (C=O) groups is 1. The maximum Gasteiger partial charge on any atom is 0.309 e. The standard InChI is InChI=1S/C11H14N2O4S/c1-7-4-9(13(15)16)10(12-5-7)18-6-8(2)11(14)17-3/h4-5,8H,6H2,1-3H3. The van der Waals surface area contributed by atoms with E-state index in [-0.39, 0.29) is 17.6 Å². The first-order valence-electron chi connectivity index (χ1n) is 5.27. The van der Waals surface area contributed by atoms with Crippen molar-refractivity contribution in [2.75, 3.05) is 12.9 Å². The van der Waals surface area contributed by atoms with Crippen molar-refractivity contribution in [2.45, 2.75) is 18.9 Å². The lowest BCUT2D eigenvalue weighted by Crippen LogP contribution is -2.15. The number of rotatable bonds is 5. The number of carbonyl (C=O) groups excluding carboxylic acids is 1. The van der Waals surface area contributed by atoms with Crippen molar-refractivity contribution in [3.05, 3.63) is 27.9 Å². The zero-order chi connectivity index (χ0) is 13.7. The Balaban J connectivity index is 2.79. The lowest BCUT2D eigenvalue weighted by atomic mass is 10.2. The summed E-state index contributed by atoms with van der Waals surface area (Å²) in [4.78, 5) is 25.6. The number of hydrogen-bond acceptors (Lipinski definition) is 6. The number of aromatic nitrogens is 1. The maximum absolute atomic E-state index is 11.2. The third kappa shape index (κ3) is 3.69. The third-order valence-electron chi connectivity index (χ3n) is 2.24. The molecule has 0 aromatic carbocycles. The highest BCUT2D eigenvalue weighted by molar-refractivity contribution is 7.99. The van der Waals surface area contributed by atoms with Crippen molar-refractivity contribution in [1.29, 1.82) is 0 Å². The number of aryl methyl sites for hydroxylation is 1. The van der Waals surface area contributed by atoms with E-state index in [0.29, 0.717) is 10.8 Å². The predicted octanol–water partition coefficient (Wildman–Crippen LogP) is 2.20. The van der Waals surface area contributed by atoms with Crippen LogP contribution in [-0.2, 0) is 9.53 Å². The Kier molecular flexibility index (Phi) is 5.08. The number of thioether (sulfide) groups is 1. The zero-order valence-electron chi connectivity index (χ0n) is 10.4. The fourth-order valence-corrected chi connectivity index (χ4v) is 2.21. The van der Waals surface area contributed by atoms with Crippen LogP contribution in [0.2, 0.25) is 0 Å². The lowest BCUT2D eigenvalue weighted by Gasteiger charge is -2.08. The van der Waals surface area contributed by atoms with Crippen LogP contribution in [0.4, 0.5) is 5.69 Å². The summed E-state index contributed by atoms with van der Waals surface area (Å²) in [7, 11) is 1.32. The summed E-state index contributed by atoms with van der Waals surface area (Å²) in [6.07, 6.45) is 1.57. The minimum atomic E-state index is -0.467. The first-order chi connectivity index (χ1) is 8.45. The first-order valence-corrected chi connectivity index (χ1v) is 6.26. The van der Waals surface area contributed by atoms with E-state index in [9.17, 15) is 14.9 Å². The van der Waals surface area contributed by atoms with Gasteiger partial charge in [0, 0.05) is 18.0 Å². The van der Waals surface area contributed by atoms with Gasteiger partial charge >= 0.3 is 11.7 Å². The van der Waals surface area contributed by atoms with Gasteiger partial charge < -0.3 is 4.74 Å². The van der Waals surface area contributed by atoms with Gasteiger partial charge in [-0.25, -0.2) is 4.98 Å². The molecule has 98 valence electrons. The number of methoxy groups -OCH3 is 1. The van der Waals surface area contributed by atoms with Crippen LogP contribution in [0.15, 0.2) is 17.3 Å². The average Bonchev–Trinajstić information content (AvgIpc) is 2.35. The number of esters is 1. The molecule has 7 heteroatoms. The second-order valence-corrected chi connectivity index (χ2v) is 4.84. The van der Waals surface area contributed by atoms with Crippen molar-refractivity contribution in [3.63, 3.8) is 0 Å². The number of hydrogen-bond donors (Lipinski definition) is 0. The molecular weight excluding hydrogens is 256 g/mol. The summed E-state index contributed by atoms with van der Waals surface area (Å²) in [5.41, 5.74) is 0.698. The summed E-state index contributed by atoms with van der Waals surface area (Å²) < 4.78 is 4.59. The van der Waals surface area contributed by atoms with Crippen molar-refractivity contribution >= 4 is 23.4 Å². The molecule has 0 saturated heterocycles. The van der Waals surface area contributed by atoms with Crippen molar-refractivity contribution in [3.8, 4) is 0 Å². The highest BCUT2D eigenvalue weighted by Crippen LogP contribution is 2.28. The number of pyridine rings is 1. The third-order valence-corrected chi connectivity index (χ3v) is 3.49. The van der Waals surface area contributed by atoms with Crippen molar-refractivity contribution < 1.29 is 14.5 Å². The average molecular weight is 270 g/mol. The molecule has 0 saturated carbocycles. The van der Waals surface area contributed by atoms with E-state index in [2.05, 4.69) is 9.72 Å². The summed E-state index contributed by atoms with van der Waals surface area (Å²) >= 11 is 1.18. The summed E-state index contributed by atoms with van der Waals surface area (Å²) in [5.74, 6) is -0.274. The molecule has 0 radical (unpaired) electrons. The molecule has 18 heavy (non-hydrogen) atoms. The Morgan fingerprint density at radius 2 is 2.33 bits per heavy atom. The van der Waals surface area contributed by atoms with Crippen LogP contribution in [0.1, 0.15) is 12.5 Å². The molecule has 1 heterocycles. The van der Waals surface area contributed by atoms with E-state index in [0.717, 1.165) is 5.56 Å². The molecule has 1 aromatic heterocycles. The highest BCUT2D eigenvalue weighted by atomic mass is 32.2. The van der Waals surface area contributed by atoms with E-state index in [1.807, 2.05) is 0 Å². The molecule has 0 spiro atoms. The van der Waals surface area contributed by atoms with Gasteiger partial charge in [0.15, 0.2) is 5.03 Å². The molecule has 0 N–H and O–H groups in total. The number of nitrogens with zero attached hydrogens (tertiary/aromatic N) is 2. The van der Waals surface area contributed by atoms with Crippen molar-refractivity contribution in [1.82, 2.24) is 4.98 Å². The normalized spacial score (nSPS) is 11.9. The minimum Gasteiger partial charge on any atom is -0.469 e. The molecule has 0 bridgehead atoms. The van der Waals surface area contributed by atoms with E-state index in [1.165, 1.54) is 24.9 Å². The second-order valence-electron chi connectivity index (χ2n) is 3.83. The van der Waals surface area contributed by atoms with Gasteiger partial charge in [0.05, 0.1) is 18.0 Å². The van der Waals surface area contributed by atoms with Crippen molar-refractivity contribution in [2.24, 2.45) is 5.92 Å². The molecule has 1 unspecified atom stereocenters. The summed E-state index contributed by atoms with van der Waals surface area (Å²) in [6.45, 7) is 3.45. The molecular formula is C11H14N2O4S. The zero-order valence-corrected chi connectivity index (χ0v) is 11.2.